The minimum Gasteiger partial charge on any atom is -0.492 e. The van der Waals surface area contributed by atoms with Gasteiger partial charge in [-0.3, -0.25) is 0 Å². The molecule has 38 heavy (non-hydrogen) atoms. The maximum atomic E-state index is 15.4. The van der Waals surface area contributed by atoms with Gasteiger partial charge in [0.1, 0.15) is 11.9 Å². The fourth-order valence-electron chi connectivity index (χ4n) is 4.67. The topological polar surface area (TPSA) is 67.8 Å². The molecule has 3 aromatic carbocycles. The van der Waals surface area contributed by atoms with E-state index in [-0.39, 0.29) is 34.0 Å². The lowest BCUT2D eigenvalue weighted by molar-refractivity contribution is 0.0595. The molecule has 1 aliphatic heterocycles. The summed E-state index contributed by atoms with van der Waals surface area (Å²) in [5.74, 6) is -0.928. The third-order valence-corrected chi connectivity index (χ3v) is 6.89. The summed E-state index contributed by atoms with van der Waals surface area (Å²) in [6, 6.07) is 22.9. The largest absolute Gasteiger partial charge is 0.492 e. The van der Waals surface area contributed by atoms with Crippen molar-refractivity contribution in [3.63, 3.8) is 0 Å². The Morgan fingerprint density at radius 2 is 1.53 bits per heavy atom. The zero-order valence-corrected chi connectivity index (χ0v) is 21.9. The van der Waals surface area contributed by atoms with Gasteiger partial charge in [0.2, 0.25) is 0 Å². The molecule has 1 unspecified atom stereocenters. The van der Waals surface area contributed by atoms with Crippen molar-refractivity contribution >= 4 is 29.1 Å². The predicted molar refractivity (Wildman–Crippen MR) is 145 cm³/mol. The zero-order chi connectivity index (χ0) is 26.8. The van der Waals surface area contributed by atoms with Crippen molar-refractivity contribution < 1.29 is 18.7 Å². The number of hydrogen-bond donors (Lipinski definition) is 0. The van der Waals surface area contributed by atoms with Gasteiger partial charge in [0.25, 0.3) is 0 Å². The van der Waals surface area contributed by atoms with Crippen molar-refractivity contribution in [1.82, 2.24) is 9.97 Å². The molecule has 0 saturated heterocycles. The van der Waals surface area contributed by atoms with Gasteiger partial charge in [0.05, 0.1) is 24.8 Å². The average molecular weight is 533 g/mol. The van der Waals surface area contributed by atoms with Gasteiger partial charge in [-0.25, -0.2) is 19.2 Å². The summed E-state index contributed by atoms with van der Waals surface area (Å²) in [4.78, 5) is 26.6. The second kappa shape index (κ2) is 10.7. The molecule has 0 aliphatic carbocycles. The highest BCUT2D eigenvalue weighted by Gasteiger charge is 2.40. The molecule has 0 amide bonds. The number of methoxy groups -OCH3 is 2. The molecule has 0 radical (unpaired) electrons. The highest BCUT2D eigenvalue weighted by molar-refractivity contribution is 6.32. The van der Waals surface area contributed by atoms with Crippen LogP contribution in [-0.2, 0) is 17.8 Å². The van der Waals surface area contributed by atoms with Gasteiger partial charge in [-0.2, -0.15) is 0 Å². The molecule has 0 fully saturated rings. The number of carbonyl (C=O) groups excluding carboxylic acids is 1. The van der Waals surface area contributed by atoms with Crippen LogP contribution < -0.4 is 14.5 Å². The highest BCUT2D eigenvalue weighted by atomic mass is 35.5. The number of aromatic nitrogens is 2. The summed E-state index contributed by atoms with van der Waals surface area (Å²) in [5.41, 5.74) is 2.77. The van der Waals surface area contributed by atoms with E-state index in [4.69, 9.17) is 26.1 Å². The molecule has 194 valence electrons. The van der Waals surface area contributed by atoms with Crippen molar-refractivity contribution in [2.24, 2.45) is 0 Å². The van der Waals surface area contributed by atoms with Crippen LogP contribution in [-0.4, -0.2) is 36.3 Å². The van der Waals surface area contributed by atoms with Crippen LogP contribution in [0, 0.1) is 5.82 Å². The Balaban J connectivity index is 1.71. The molecule has 2 heterocycles. The van der Waals surface area contributed by atoms with E-state index in [1.807, 2.05) is 67.6 Å². The molecule has 1 aromatic heterocycles. The summed E-state index contributed by atoms with van der Waals surface area (Å²) < 4.78 is 25.7. The van der Waals surface area contributed by atoms with E-state index in [9.17, 15) is 4.79 Å². The highest BCUT2D eigenvalue weighted by Crippen LogP contribution is 2.44. The van der Waals surface area contributed by atoms with E-state index in [1.54, 1.807) is 0 Å². The summed E-state index contributed by atoms with van der Waals surface area (Å²) >= 11 is 6.12. The number of hydrogen-bond acceptors (Lipinski definition) is 7. The van der Waals surface area contributed by atoms with Crippen molar-refractivity contribution in [2.45, 2.75) is 26.2 Å². The summed E-state index contributed by atoms with van der Waals surface area (Å²) in [6.07, 6.45) is -0.192. The van der Waals surface area contributed by atoms with Crippen LogP contribution in [0.4, 0.5) is 15.9 Å². The van der Waals surface area contributed by atoms with Crippen molar-refractivity contribution in [3.05, 3.63) is 100 Å². The van der Waals surface area contributed by atoms with Gasteiger partial charge in [0.15, 0.2) is 28.9 Å². The molecule has 0 N–H and O–H groups in total. The molecular formula is C29H26ClFN4O3. The molecule has 1 aliphatic rings. The van der Waals surface area contributed by atoms with E-state index >= 15 is 4.39 Å². The van der Waals surface area contributed by atoms with E-state index in [2.05, 4.69) is 14.8 Å². The van der Waals surface area contributed by atoms with E-state index < -0.39 is 11.8 Å². The number of carbonyl (C=O) groups is 1. The fourth-order valence-corrected chi connectivity index (χ4v) is 4.89. The number of rotatable bonds is 7. The Morgan fingerprint density at radius 3 is 2.11 bits per heavy atom. The second-order valence-corrected chi connectivity index (χ2v) is 9.27. The Hall–Kier alpha value is -4.17. The Morgan fingerprint density at radius 1 is 0.921 bits per heavy atom. The average Bonchev–Trinajstić information content (AvgIpc) is 3.19. The monoisotopic (exact) mass is 532 g/mol. The maximum absolute atomic E-state index is 15.4. The van der Waals surface area contributed by atoms with Gasteiger partial charge in [-0.15, -0.1) is 0 Å². The van der Waals surface area contributed by atoms with Gasteiger partial charge in [-0.1, -0.05) is 72.3 Å². The minimum absolute atomic E-state index is 0.0310. The second-order valence-electron chi connectivity index (χ2n) is 8.86. The number of benzene rings is 3. The first-order valence-electron chi connectivity index (χ1n) is 12.1. The number of nitrogens with zero attached hydrogens (tertiary/aromatic N) is 4. The maximum Gasteiger partial charge on any atom is 0.359 e. The van der Waals surface area contributed by atoms with Crippen LogP contribution in [0.3, 0.4) is 0 Å². The van der Waals surface area contributed by atoms with Crippen LogP contribution in [0.2, 0.25) is 5.02 Å². The van der Waals surface area contributed by atoms with Crippen LogP contribution in [0.1, 0.15) is 28.5 Å². The van der Waals surface area contributed by atoms with Crippen molar-refractivity contribution in [3.8, 4) is 17.1 Å². The van der Waals surface area contributed by atoms with E-state index in [1.165, 1.54) is 26.4 Å². The fraction of sp³-hybridized carbons (Fsp3) is 0.207. The number of anilines is 2. The first-order valence-corrected chi connectivity index (χ1v) is 12.4. The van der Waals surface area contributed by atoms with Gasteiger partial charge >= 0.3 is 5.97 Å². The molecule has 9 heteroatoms. The Kier molecular flexibility index (Phi) is 7.15. The van der Waals surface area contributed by atoms with E-state index in [0.717, 1.165) is 11.1 Å². The first-order chi connectivity index (χ1) is 18.4. The minimum atomic E-state index is -0.711. The van der Waals surface area contributed by atoms with E-state index in [0.29, 0.717) is 24.6 Å². The summed E-state index contributed by atoms with van der Waals surface area (Å²) in [6.45, 7) is 3.07. The van der Waals surface area contributed by atoms with Crippen LogP contribution >= 0.6 is 11.6 Å². The molecule has 0 saturated carbocycles. The molecular weight excluding hydrogens is 507 g/mol. The number of halogens is 2. The standard InChI is InChI=1S/C29H26ClFN4O3/c1-18-34(16-19-10-6-4-7-11-19)25-24(29(36)38-3)32-27(21-14-15-22(30)26(37-2)23(21)31)33-28(25)35(18)17-20-12-8-5-9-13-20/h4-15,18H,16-17H2,1-3H3. The van der Waals surface area contributed by atoms with Crippen LogP contribution in [0.15, 0.2) is 72.8 Å². The predicted octanol–water partition coefficient (Wildman–Crippen LogP) is 6.10. The molecule has 0 bridgehead atoms. The smallest absolute Gasteiger partial charge is 0.359 e. The van der Waals surface area contributed by atoms with Gasteiger partial charge in [-0.05, 0) is 30.2 Å². The normalized spacial score (nSPS) is 14.4. The third kappa shape index (κ3) is 4.63. The van der Waals surface area contributed by atoms with Gasteiger partial charge < -0.3 is 19.3 Å². The lowest BCUT2D eigenvalue weighted by Crippen LogP contribution is -2.40. The number of ether oxygens (including phenoxy) is 2. The van der Waals surface area contributed by atoms with Crippen LogP contribution in [0.25, 0.3) is 11.4 Å². The molecule has 5 rings (SSSR count). The third-order valence-electron chi connectivity index (χ3n) is 6.59. The Labute approximate surface area is 225 Å². The number of fused-ring (bicyclic) bond motifs is 1. The first kappa shape index (κ1) is 25.5. The summed E-state index contributed by atoms with van der Waals surface area (Å²) in [7, 11) is 2.63. The molecule has 7 nitrogen and oxygen atoms in total. The van der Waals surface area contributed by atoms with Crippen molar-refractivity contribution in [2.75, 3.05) is 24.0 Å². The SMILES string of the molecule is COC(=O)c1nc(-c2ccc(Cl)c(OC)c2F)nc2c1N(Cc1ccccc1)C(C)N2Cc1ccccc1. The molecule has 1 atom stereocenters. The molecule has 0 spiro atoms. The van der Waals surface area contributed by atoms with Crippen molar-refractivity contribution in [1.29, 1.82) is 0 Å². The summed E-state index contributed by atoms with van der Waals surface area (Å²) in [5, 5.41) is 0.122. The quantitative estimate of drug-likeness (QED) is 0.266. The zero-order valence-electron chi connectivity index (χ0n) is 21.2. The van der Waals surface area contributed by atoms with Crippen LogP contribution in [0.5, 0.6) is 5.75 Å². The Bertz CT molecular complexity index is 1470. The lowest BCUT2D eigenvalue weighted by atomic mass is 10.1. The molecule has 4 aromatic rings. The number of esters is 1. The lowest BCUT2D eigenvalue weighted by Gasteiger charge is -2.30. The van der Waals surface area contributed by atoms with Gasteiger partial charge in [0, 0.05) is 13.1 Å².